The number of fused-ring (bicyclic) bond motifs is 1. The van der Waals surface area contributed by atoms with E-state index in [-0.39, 0.29) is 11.9 Å². The summed E-state index contributed by atoms with van der Waals surface area (Å²) in [4.78, 5) is 12.6. The highest BCUT2D eigenvalue weighted by Gasteiger charge is 2.20. The summed E-state index contributed by atoms with van der Waals surface area (Å²) in [5.74, 6) is 0.981. The van der Waals surface area contributed by atoms with Gasteiger partial charge in [-0.25, -0.2) is 0 Å². The second-order valence-corrected chi connectivity index (χ2v) is 6.30. The van der Waals surface area contributed by atoms with Crippen LogP contribution < -0.4 is 0 Å². The lowest BCUT2D eigenvalue weighted by Gasteiger charge is -2.25. The van der Waals surface area contributed by atoms with Gasteiger partial charge in [0.15, 0.2) is 5.78 Å². The molecule has 0 N–H and O–H groups in total. The van der Waals surface area contributed by atoms with E-state index in [9.17, 15) is 4.79 Å². The number of ketones is 1. The van der Waals surface area contributed by atoms with Crippen LogP contribution >= 0.6 is 11.8 Å². The van der Waals surface area contributed by atoms with Crippen molar-refractivity contribution in [2.75, 3.05) is 12.4 Å². The van der Waals surface area contributed by atoms with Crippen LogP contribution in [0.3, 0.4) is 0 Å². The minimum absolute atomic E-state index is 0.108. The van der Waals surface area contributed by atoms with Crippen molar-refractivity contribution in [2.45, 2.75) is 24.3 Å². The van der Waals surface area contributed by atoms with E-state index in [1.54, 1.807) is 18.7 Å². The van der Waals surface area contributed by atoms with Gasteiger partial charge in [0.2, 0.25) is 0 Å². The second-order valence-electron chi connectivity index (χ2n) is 5.20. The maximum Gasteiger partial charge on any atom is 0.159 e. The number of hydrogen-bond donors (Lipinski definition) is 0. The standard InChI is InChI=1S/C18H18O2S/c1-13(19)15-6-4-7-16(11-15)21-12-18-17-8-3-2-5-14(17)9-10-20-18/h2-8,11,18H,9-10,12H2,1H3. The van der Waals surface area contributed by atoms with Crippen molar-refractivity contribution in [3.8, 4) is 0 Å². The van der Waals surface area contributed by atoms with Crippen molar-refractivity contribution in [3.05, 3.63) is 65.2 Å². The van der Waals surface area contributed by atoms with Gasteiger partial charge in [0.05, 0.1) is 12.7 Å². The third kappa shape index (κ3) is 3.36. The van der Waals surface area contributed by atoms with Gasteiger partial charge in [0, 0.05) is 16.2 Å². The Morgan fingerprint density at radius 2 is 2.10 bits per heavy atom. The maximum atomic E-state index is 11.4. The molecule has 2 nitrogen and oxygen atoms in total. The van der Waals surface area contributed by atoms with E-state index >= 15 is 0 Å². The Morgan fingerprint density at radius 1 is 1.24 bits per heavy atom. The molecule has 21 heavy (non-hydrogen) atoms. The molecule has 1 aliphatic heterocycles. The van der Waals surface area contributed by atoms with Crippen LogP contribution in [0.25, 0.3) is 0 Å². The van der Waals surface area contributed by atoms with Gasteiger partial charge in [-0.1, -0.05) is 36.4 Å². The quantitative estimate of drug-likeness (QED) is 0.622. The fourth-order valence-corrected chi connectivity index (χ4v) is 3.60. The van der Waals surface area contributed by atoms with Gasteiger partial charge >= 0.3 is 0 Å². The second kappa shape index (κ2) is 6.46. The maximum absolute atomic E-state index is 11.4. The molecule has 0 spiro atoms. The molecule has 0 bridgehead atoms. The molecule has 1 atom stereocenters. The van der Waals surface area contributed by atoms with Gasteiger partial charge in [-0.2, -0.15) is 0 Å². The van der Waals surface area contributed by atoms with Gasteiger partial charge in [-0.05, 0) is 36.6 Å². The zero-order chi connectivity index (χ0) is 14.7. The van der Waals surface area contributed by atoms with Gasteiger partial charge in [-0.3, -0.25) is 4.79 Å². The van der Waals surface area contributed by atoms with Crippen molar-refractivity contribution in [3.63, 3.8) is 0 Å². The Bertz CT molecular complexity index is 651. The molecule has 0 aromatic heterocycles. The van der Waals surface area contributed by atoms with Crippen molar-refractivity contribution in [2.24, 2.45) is 0 Å². The van der Waals surface area contributed by atoms with Crippen molar-refractivity contribution >= 4 is 17.5 Å². The van der Waals surface area contributed by atoms with E-state index in [1.807, 2.05) is 24.3 Å². The van der Waals surface area contributed by atoms with E-state index in [0.29, 0.717) is 0 Å². The first kappa shape index (κ1) is 14.4. The molecule has 1 aliphatic rings. The van der Waals surface area contributed by atoms with Crippen LogP contribution in [-0.4, -0.2) is 18.1 Å². The molecule has 3 heteroatoms. The molecule has 0 radical (unpaired) electrons. The minimum atomic E-state index is 0.108. The largest absolute Gasteiger partial charge is 0.372 e. The third-order valence-electron chi connectivity index (χ3n) is 3.73. The number of Topliss-reactive ketones (excluding diaryl/α,β-unsaturated/α-hetero) is 1. The number of thioether (sulfide) groups is 1. The first-order valence-electron chi connectivity index (χ1n) is 7.17. The highest BCUT2D eigenvalue weighted by atomic mass is 32.2. The molecular formula is C18H18O2S. The number of carbonyl (C=O) groups is 1. The van der Waals surface area contributed by atoms with E-state index in [4.69, 9.17) is 4.74 Å². The summed E-state index contributed by atoms with van der Waals surface area (Å²) >= 11 is 1.74. The molecule has 3 rings (SSSR count). The lowest BCUT2D eigenvalue weighted by Crippen LogP contribution is -2.17. The van der Waals surface area contributed by atoms with Crippen LogP contribution in [0.1, 0.15) is 34.5 Å². The summed E-state index contributed by atoms with van der Waals surface area (Å²) in [6, 6.07) is 16.3. The van der Waals surface area contributed by atoms with Crippen LogP contribution in [0.2, 0.25) is 0 Å². The lowest BCUT2D eigenvalue weighted by molar-refractivity contribution is 0.0588. The van der Waals surface area contributed by atoms with E-state index < -0.39 is 0 Å². The summed E-state index contributed by atoms with van der Waals surface area (Å²) in [7, 11) is 0. The fourth-order valence-electron chi connectivity index (χ4n) is 2.59. The predicted molar refractivity (Wildman–Crippen MR) is 86.0 cm³/mol. The Labute approximate surface area is 129 Å². The first-order chi connectivity index (χ1) is 10.2. The molecule has 1 heterocycles. The minimum Gasteiger partial charge on any atom is -0.372 e. The van der Waals surface area contributed by atoms with Crippen LogP contribution in [0.4, 0.5) is 0 Å². The van der Waals surface area contributed by atoms with Crippen molar-refractivity contribution in [1.29, 1.82) is 0 Å². The Hall–Kier alpha value is -1.58. The number of rotatable bonds is 4. The first-order valence-corrected chi connectivity index (χ1v) is 8.16. The van der Waals surface area contributed by atoms with E-state index in [1.165, 1.54) is 11.1 Å². The monoisotopic (exact) mass is 298 g/mol. The topological polar surface area (TPSA) is 26.3 Å². The van der Waals surface area contributed by atoms with Crippen molar-refractivity contribution < 1.29 is 9.53 Å². The van der Waals surface area contributed by atoms with Gasteiger partial charge in [-0.15, -0.1) is 11.8 Å². The van der Waals surface area contributed by atoms with Crippen LogP contribution in [0.5, 0.6) is 0 Å². The van der Waals surface area contributed by atoms with Gasteiger partial charge < -0.3 is 4.74 Å². The highest BCUT2D eigenvalue weighted by molar-refractivity contribution is 7.99. The average Bonchev–Trinajstić information content (AvgIpc) is 2.53. The molecule has 108 valence electrons. The predicted octanol–water partition coefficient (Wildman–Crippen LogP) is 4.30. The average molecular weight is 298 g/mol. The molecule has 0 aliphatic carbocycles. The van der Waals surface area contributed by atoms with Crippen LogP contribution in [0.15, 0.2) is 53.4 Å². The molecular weight excluding hydrogens is 280 g/mol. The van der Waals surface area contributed by atoms with E-state index in [0.717, 1.165) is 29.2 Å². The Balaban J connectivity index is 1.71. The van der Waals surface area contributed by atoms with Crippen LogP contribution in [-0.2, 0) is 11.2 Å². The van der Waals surface area contributed by atoms with Gasteiger partial charge in [0.25, 0.3) is 0 Å². The lowest BCUT2D eigenvalue weighted by atomic mass is 9.99. The number of carbonyl (C=O) groups excluding carboxylic acids is 1. The molecule has 0 amide bonds. The fraction of sp³-hybridized carbons (Fsp3) is 0.278. The number of hydrogen-bond acceptors (Lipinski definition) is 3. The zero-order valence-corrected chi connectivity index (χ0v) is 12.9. The molecule has 0 fully saturated rings. The summed E-state index contributed by atoms with van der Waals surface area (Å²) in [6.07, 6.45) is 1.14. The molecule has 2 aromatic carbocycles. The summed E-state index contributed by atoms with van der Waals surface area (Å²) < 4.78 is 5.92. The summed E-state index contributed by atoms with van der Waals surface area (Å²) in [6.45, 7) is 2.39. The summed E-state index contributed by atoms with van der Waals surface area (Å²) in [5, 5.41) is 0. The highest BCUT2D eigenvalue weighted by Crippen LogP contribution is 2.32. The Kier molecular flexibility index (Phi) is 4.42. The molecule has 0 saturated carbocycles. The van der Waals surface area contributed by atoms with E-state index in [2.05, 4.69) is 24.3 Å². The Morgan fingerprint density at radius 3 is 2.95 bits per heavy atom. The summed E-state index contributed by atoms with van der Waals surface area (Å²) in [5.41, 5.74) is 3.47. The van der Waals surface area contributed by atoms with Crippen LogP contribution in [0, 0.1) is 0 Å². The van der Waals surface area contributed by atoms with Gasteiger partial charge in [0.1, 0.15) is 0 Å². The smallest absolute Gasteiger partial charge is 0.159 e. The molecule has 1 unspecified atom stereocenters. The zero-order valence-electron chi connectivity index (χ0n) is 12.0. The third-order valence-corrected chi connectivity index (χ3v) is 4.79. The molecule has 2 aromatic rings. The number of benzene rings is 2. The number of ether oxygens (including phenoxy) is 1. The SMILES string of the molecule is CC(=O)c1cccc(SCC2OCCc3ccccc32)c1. The molecule has 0 saturated heterocycles. The normalized spacial score (nSPS) is 17.3. The van der Waals surface area contributed by atoms with Crippen molar-refractivity contribution in [1.82, 2.24) is 0 Å².